The Hall–Kier alpha value is -3.86. The summed E-state index contributed by atoms with van der Waals surface area (Å²) >= 11 is 0. The van der Waals surface area contributed by atoms with Crippen LogP contribution < -0.4 is 14.4 Å². The average Bonchev–Trinajstić information content (AvgIpc) is 2.82. The summed E-state index contributed by atoms with van der Waals surface area (Å²) in [6, 6.07) is 11.7. The van der Waals surface area contributed by atoms with E-state index in [0.29, 0.717) is 0 Å². The third kappa shape index (κ3) is 4.78. The van der Waals surface area contributed by atoms with Crippen molar-refractivity contribution >= 4 is 33.4 Å². The summed E-state index contributed by atoms with van der Waals surface area (Å²) in [5, 5.41) is 2.41. The lowest BCUT2D eigenvalue weighted by molar-refractivity contribution is -0.137. The molecule has 0 fully saturated rings. The number of hydrogen-bond donors (Lipinski definition) is 1. The van der Waals surface area contributed by atoms with E-state index >= 15 is 0 Å². The van der Waals surface area contributed by atoms with Crippen molar-refractivity contribution < 1.29 is 35.5 Å². The molecule has 1 amide bonds. The van der Waals surface area contributed by atoms with Crippen LogP contribution >= 0.6 is 0 Å². The third-order valence-electron chi connectivity index (χ3n) is 5.49. The molecule has 3 aromatic carbocycles. The second kappa shape index (κ2) is 9.30. The summed E-state index contributed by atoms with van der Waals surface area (Å²) in [6.45, 7) is 5.06. The fraction of sp³-hybridized carbons (Fsp3) is 0.160. The average molecular weight is 521 g/mol. The highest BCUT2D eigenvalue weighted by Crippen LogP contribution is 2.39. The van der Waals surface area contributed by atoms with Gasteiger partial charge in [-0.2, -0.15) is 13.2 Å². The van der Waals surface area contributed by atoms with E-state index in [2.05, 4.69) is 11.9 Å². The van der Waals surface area contributed by atoms with E-state index in [1.165, 1.54) is 30.3 Å². The predicted octanol–water partition coefficient (Wildman–Crippen LogP) is 5.72. The number of nitrogens with zero attached hydrogens (tertiary/aromatic N) is 1. The van der Waals surface area contributed by atoms with Gasteiger partial charge < -0.3 is 10.1 Å². The van der Waals surface area contributed by atoms with Crippen molar-refractivity contribution in [1.82, 2.24) is 0 Å². The van der Waals surface area contributed by atoms with E-state index in [1.807, 2.05) is 0 Å². The number of ether oxygens (including phenoxy) is 1. The first-order valence-corrected chi connectivity index (χ1v) is 12.1. The Balaban J connectivity index is 1.74. The zero-order valence-corrected chi connectivity index (χ0v) is 19.7. The van der Waals surface area contributed by atoms with Crippen molar-refractivity contribution in [3.63, 3.8) is 0 Å². The van der Waals surface area contributed by atoms with Gasteiger partial charge in [-0.25, -0.2) is 12.8 Å². The van der Waals surface area contributed by atoms with Crippen molar-refractivity contribution in [2.75, 3.05) is 16.2 Å². The minimum atomic E-state index is -4.79. The van der Waals surface area contributed by atoms with Crippen LogP contribution in [-0.2, 0) is 16.2 Å². The lowest BCUT2D eigenvalue weighted by Crippen LogP contribution is -2.42. The van der Waals surface area contributed by atoms with Crippen LogP contribution in [0.3, 0.4) is 0 Å². The van der Waals surface area contributed by atoms with Crippen molar-refractivity contribution in [3.05, 3.63) is 89.8 Å². The van der Waals surface area contributed by atoms with Crippen LogP contribution in [0.5, 0.6) is 5.75 Å². The lowest BCUT2D eigenvalue weighted by Gasteiger charge is -2.34. The molecule has 3 aromatic rings. The van der Waals surface area contributed by atoms with Gasteiger partial charge in [0.2, 0.25) is 0 Å². The normalized spacial score (nSPS) is 15.6. The van der Waals surface area contributed by atoms with Crippen molar-refractivity contribution in [2.24, 2.45) is 0 Å². The first-order chi connectivity index (χ1) is 16.9. The molecule has 0 aliphatic carbocycles. The van der Waals surface area contributed by atoms with E-state index < -0.39 is 45.2 Å². The first kappa shape index (κ1) is 25.2. The number of benzene rings is 3. The van der Waals surface area contributed by atoms with E-state index in [9.17, 15) is 30.8 Å². The molecule has 1 aliphatic heterocycles. The molecule has 6 nitrogen and oxygen atoms in total. The van der Waals surface area contributed by atoms with Gasteiger partial charge in [0.15, 0.2) is 0 Å². The Kier molecular flexibility index (Phi) is 6.52. The number of sulfonamides is 1. The number of rotatable bonds is 5. The summed E-state index contributed by atoms with van der Waals surface area (Å²) in [4.78, 5) is 12.8. The van der Waals surface area contributed by atoms with Gasteiger partial charge in [-0.05, 0) is 61.0 Å². The Labute approximate surface area is 204 Å². The van der Waals surface area contributed by atoms with Crippen molar-refractivity contribution in [1.29, 1.82) is 0 Å². The summed E-state index contributed by atoms with van der Waals surface area (Å²) in [5.41, 5.74) is -1.64. The number of amides is 1. The standard InChI is InChI=1S/C25H20F4N2O4S/c1-3-16-5-4-6-20(25(27,28)29)23(16)24(32)30-18-9-12-22-21(13-18)31(14-15(2)35-22)36(33,34)19-10-7-17(26)8-11-19/h3-13,15H,1,14H2,2H3,(H,30,32)/t15-/m0/s1. The minimum absolute atomic E-state index is 0.0158. The van der Waals surface area contributed by atoms with Gasteiger partial charge in [0.25, 0.3) is 15.9 Å². The molecular weight excluding hydrogens is 500 g/mol. The fourth-order valence-electron chi connectivity index (χ4n) is 3.86. The van der Waals surface area contributed by atoms with Gasteiger partial charge in [0, 0.05) is 5.69 Å². The van der Waals surface area contributed by atoms with Gasteiger partial charge in [-0.3, -0.25) is 9.10 Å². The maximum atomic E-state index is 13.6. The quantitative estimate of drug-likeness (QED) is 0.437. The highest BCUT2D eigenvalue weighted by Gasteiger charge is 2.37. The molecule has 188 valence electrons. The second-order valence-electron chi connectivity index (χ2n) is 8.03. The molecule has 0 saturated heterocycles. The molecule has 1 atom stereocenters. The van der Waals surface area contributed by atoms with Crippen LogP contribution in [0.25, 0.3) is 6.08 Å². The molecule has 0 saturated carbocycles. The maximum Gasteiger partial charge on any atom is 0.417 e. The number of fused-ring (bicyclic) bond motifs is 1. The largest absolute Gasteiger partial charge is 0.487 e. The van der Waals surface area contributed by atoms with Crippen molar-refractivity contribution in [3.8, 4) is 5.75 Å². The van der Waals surface area contributed by atoms with Gasteiger partial charge in [0.1, 0.15) is 17.7 Å². The topological polar surface area (TPSA) is 75.7 Å². The molecule has 0 bridgehead atoms. The van der Waals surface area contributed by atoms with Gasteiger partial charge in [-0.1, -0.05) is 24.8 Å². The lowest BCUT2D eigenvalue weighted by atomic mass is 9.99. The van der Waals surface area contributed by atoms with Crippen LogP contribution in [0, 0.1) is 5.82 Å². The van der Waals surface area contributed by atoms with E-state index in [4.69, 9.17) is 4.74 Å². The number of halogens is 4. The first-order valence-electron chi connectivity index (χ1n) is 10.6. The van der Waals surface area contributed by atoms with E-state index in [1.54, 1.807) is 6.92 Å². The molecule has 1 aliphatic rings. The smallest absolute Gasteiger partial charge is 0.417 e. The molecule has 11 heteroatoms. The molecule has 0 aromatic heterocycles. The number of anilines is 2. The van der Waals surface area contributed by atoms with Crippen LogP contribution in [-0.4, -0.2) is 27.0 Å². The molecule has 1 heterocycles. The zero-order valence-electron chi connectivity index (χ0n) is 18.8. The molecular formula is C25H20F4N2O4S. The molecule has 0 spiro atoms. The Morgan fingerprint density at radius 2 is 1.83 bits per heavy atom. The number of alkyl halides is 3. The maximum absolute atomic E-state index is 13.6. The van der Waals surface area contributed by atoms with Gasteiger partial charge in [0.05, 0.1) is 28.3 Å². The number of nitrogens with one attached hydrogen (secondary N) is 1. The highest BCUT2D eigenvalue weighted by molar-refractivity contribution is 7.92. The summed E-state index contributed by atoms with van der Waals surface area (Å²) in [6.07, 6.45) is -4.17. The Morgan fingerprint density at radius 3 is 2.47 bits per heavy atom. The van der Waals surface area contributed by atoms with Gasteiger partial charge in [-0.15, -0.1) is 0 Å². The summed E-state index contributed by atoms with van der Waals surface area (Å²) in [5.74, 6) is -1.46. The molecule has 0 radical (unpaired) electrons. The fourth-order valence-corrected chi connectivity index (χ4v) is 5.40. The monoisotopic (exact) mass is 520 g/mol. The number of carbonyl (C=O) groups is 1. The van der Waals surface area contributed by atoms with E-state index in [0.717, 1.165) is 40.7 Å². The SMILES string of the molecule is C=Cc1cccc(C(F)(F)F)c1C(=O)Nc1ccc2c(c1)N(S(=O)(=O)c1ccc(F)cc1)C[C@H](C)O2. The Bertz CT molecular complexity index is 1440. The summed E-state index contributed by atoms with van der Waals surface area (Å²) in [7, 11) is -4.15. The molecule has 0 unspecified atom stereocenters. The molecule has 1 N–H and O–H groups in total. The highest BCUT2D eigenvalue weighted by atomic mass is 32.2. The Morgan fingerprint density at radius 1 is 1.14 bits per heavy atom. The summed E-state index contributed by atoms with van der Waals surface area (Å²) < 4.78 is 87.5. The third-order valence-corrected chi connectivity index (χ3v) is 7.28. The van der Waals surface area contributed by atoms with Crippen LogP contribution in [0.2, 0.25) is 0 Å². The molecule has 36 heavy (non-hydrogen) atoms. The van der Waals surface area contributed by atoms with Gasteiger partial charge >= 0.3 is 6.18 Å². The number of hydrogen-bond acceptors (Lipinski definition) is 4. The second-order valence-corrected chi connectivity index (χ2v) is 9.89. The minimum Gasteiger partial charge on any atom is -0.487 e. The van der Waals surface area contributed by atoms with Crippen LogP contribution in [0.1, 0.15) is 28.4 Å². The van der Waals surface area contributed by atoms with Crippen LogP contribution in [0.15, 0.2) is 72.1 Å². The molecule has 4 rings (SSSR count). The van der Waals surface area contributed by atoms with Crippen molar-refractivity contribution in [2.45, 2.75) is 24.1 Å². The number of carbonyl (C=O) groups excluding carboxylic acids is 1. The zero-order chi connectivity index (χ0) is 26.3. The van der Waals surface area contributed by atoms with E-state index in [-0.39, 0.29) is 34.1 Å². The predicted molar refractivity (Wildman–Crippen MR) is 127 cm³/mol. The van der Waals surface area contributed by atoms with Crippen LogP contribution in [0.4, 0.5) is 28.9 Å².